The molecule has 0 aromatic heterocycles. The van der Waals surface area contributed by atoms with E-state index in [-0.39, 0.29) is 36.8 Å². The number of amides is 1. The predicted octanol–water partition coefficient (Wildman–Crippen LogP) is 2.30. The summed E-state index contributed by atoms with van der Waals surface area (Å²) in [7, 11) is 0. The van der Waals surface area contributed by atoms with Crippen molar-refractivity contribution in [3.8, 4) is 0 Å². The van der Waals surface area contributed by atoms with E-state index in [1.54, 1.807) is 32.1 Å². The third-order valence-electron chi connectivity index (χ3n) is 2.29. The fourth-order valence-electron chi connectivity index (χ4n) is 1.41. The summed E-state index contributed by atoms with van der Waals surface area (Å²) in [5, 5.41) is 2.57. The van der Waals surface area contributed by atoms with Crippen molar-refractivity contribution in [2.24, 2.45) is 0 Å². The van der Waals surface area contributed by atoms with E-state index in [9.17, 15) is 14.0 Å². The topological polar surface area (TPSA) is 55.4 Å². The second-order valence-corrected chi connectivity index (χ2v) is 4.46. The quantitative estimate of drug-likeness (QED) is 0.642. The Morgan fingerprint density at radius 2 is 1.95 bits per heavy atom. The number of halogens is 1. The van der Waals surface area contributed by atoms with Gasteiger partial charge in [-0.15, -0.1) is 0 Å². The summed E-state index contributed by atoms with van der Waals surface area (Å²) in [5.41, 5.74) is 0.723. The molecule has 0 saturated carbocycles. The SMILES string of the molecule is CC(C)OC(=O)CCNC(=O)/C=C/c1ccc(F)cc1. The molecule has 0 fully saturated rings. The number of carbonyl (C=O) groups is 2. The molecule has 108 valence electrons. The Kier molecular flexibility index (Phi) is 6.43. The maximum Gasteiger partial charge on any atom is 0.307 e. The van der Waals surface area contributed by atoms with E-state index in [0.29, 0.717) is 0 Å². The lowest BCUT2D eigenvalue weighted by molar-refractivity contribution is -0.147. The van der Waals surface area contributed by atoms with Crippen molar-refractivity contribution in [2.45, 2.75) is 26.4 Å². The second-order valence-electron chi connectivity index (χ2n) is 4.46. The lowest BCUT2D eigenvalue weighted by atomic mass is 10.2. The number of carbonyl (C=O) groups excluding carboxylic acids is 2. The monoisotopic (exact) mass is 279 g/mol. The average molecular weight is 279 g/mol. The van der Waals surface area contributed by atoms with Crippen LogP contribution in [0.1, 0.15) is 25.8 Å². The van der Waals surface area contributed by atoms with Gasteiger partial charge in [-0.3, -0.25) is 9.59 Å². The third kappa shape index (κ3) is 6.68. The molecular formula is C15H18FNO3. The number of nitrogens with one attached hydrogen (secondary N) is 1. The minimum Gasteiger partial charge on any atom is -0.463 e. The number of ether oxygens (including phenoxy) is 1. The highest BCUT2D eigenvalue weighted by molar-refractivity contribution is 5.91. The van der Waals surface area contributed by atoms with Gasteiger partial charge in [-0.25, -0.2) is 4.39 Å². The predicted molar refractivity (Wildman–Crippen MR) is 74.3 cm³/mol. The zero-order valence-electron chi connectivity index (χ0n) is 11.6. The molecule has 0 radical (unpaired) electrons. The van der Waals surface area contributed by atoms with Crippen LogP contribution in [-0.2, 0) is 14.3 Å². The van der Waals surface area contributed by atoms with Crippen LogP contribution in [0.2, 0.25) is 0 Å². The molecule has 0 atom stereocenters. The van der Waals surface area contributed by atoms with Gasteiger partial charge in [0.2, 0.25) is 5.91 Å². The molecule has 1 rings (SSSR count). The summed E-state index contributed by atoms with van der Waals surface area (Å²) in [6, 6.07) is 5.78. The summed E-state index contributed by atoms with van der Waals surface area (Å²) >= 11 is 0. The minimum absolute atomic E-state index is 0.133. The Morgan fingerprint density at radius 3 is 2.55 bits per heavy atom. The first kappa shape index (κ1) is 15.9. The summed E-state index contributed by atoms with van der Waals surface area (Å²) in [4.78, 5) is 22.7. The Balaban J connectivity index is 2.30. The first-order chi connectivity index (χ1) is 9.47. The number of hydrogen-bond donors (Lipinski definition) is 1. The van der Waals surface area contributed by atoms with Gasteiger partial charge in [0.25, 0.3) is 0 Å². The molecule has 20 heavy (non-hydrogen) atoms. The molecule has 0 aliphatic carbocycles. The summed E-state index contributed by atoms with van der Waals surface area (Å²) in [5.74, 6) is -0.982. The highest BCUT2D eigenvalue weighted by Gasteiger charge is 2.05. The van der Waals surface area contributed by atoms with Crippen LogP contribution in [0.3, 0.4) is 0 Å². The molecule has 0 aliphatic heterocycles. The van der Waals surface area contributed by atoms with Crippen molar-refractivity contribution >= 4 is 18.0 Å². The van der Waals surface area contributed by atoms with Crippen LogP contribution in [0.5, 0.6) is 0 Å². The molecule has 1 aromatic rings. The van der Waals surface area contributed by atoms with Crippen LogP contribution in [-0.4, -0.2) is 24.5 Å². The van der Waals surface area contributed by atoms with Crippen molar-refractivity contribution in [3.63, 3.8) is 0 Å². The summed E-state index contributed by atoms with van der Waals surface area (Å²) in [6.45, 7) is 3.75. The zero-order valence-corrected chi connectivity index (χ0v) is 11.6. The van der Waals surface area contributed by atoms with Crippen LogP contribution in [0.15, 0.2) is 30.3 Å². The molecule has 0 heterocycles. The van der Waals surface area contributed by atoms with Crippen molar-refractivity contribution in [3.05, 3.63) is 41.7 Å². The highest BCUT2D eigenvalue weighted by atomic mass is 19.1. The largest absolute Gasteiger partial charge is 0.463 e. The first-order valence-electron chi connectivity index (χ1n) is 6.38. The van der Waals surface area contributed by atoms with Gasteiger partial charge in [-0.05, 0) is 37.6 Å². The fraction of sp³-hybridized carbons (Fsp3) is 0.333. The molecule has 4 nitrogen and oxygen atoms in total. The smallest absolute Gasteiger partial charge is 0.307 e. The molecule has 1 aromatic carbocycles. The van der Waals surface area contributed by atoms with Gasteiger partial charge in [0.1, 0.15) is 5.82 Å². The van der Waals surface area contributed by atoms with Crippen LogP contribution >= 0.6 is 0 Å². The van der Waals surface area contributed by atoms with E-state index >= 15 is 0 Å². The van der Waals surface area contributed by atoms with Crippen LogP contribution in [0.4, 0.5) is 4.39 Å². The average Bonchev–Trinajstić information content (AvgIpc) is 2.37. The molecule has 0 aliphatic rings. The van der Waals surface area contributed by atoms with Crippen LogP contribution in [0, 0.1) is 5.82 Å². The standard InChI is InChI=1S/C15H18FNO3/c1-11(2)20-15(19)9-10-17-14(18)8-5-12-3-6-13(16)7-4-12/h3-8,11H,9-10H2,1-2H3,(H,17,18)/b8-5+. The lowest BCUT2D eigenvalue weighted by Gasteiger charge is -2.07. The van der Waals surface area contributed by atoms with E-state index in [0.717, 1.165) is 5.56 Å². The molecule has 5 heteroatoms. The fourth-order valence-corrected chi connectivity index (χ4v) is 1.41. The molecular weight excluding hydrogens is 261 g/mol. The Hall–Kier alpha value is -2.17. The van der Waals surface area contributed by atoms with Gasteiger partial charge in [0.15, 0.2) is 0 Å². The van der Waals surface area contributed by atoms with E-state index < -0.39 is 0 Å². The van der Waals surface area contributed by atoms with Gasteiger partial charge in [-0.1, -0.05) is 12.1 Å². The Labute approximate surface area is 117 Å². The van der Waals surface area contributed by atoms with Crippen molar-refractivity contribution in [1.82, 2.24) is 5.32 Å². The molecule has 0 spiro atoms. The van der Waals surface area contributed by atoms with E-state index in [1.165, 1.54) is 18.2 Å². The molecule has 0 bridgehead atoms. The van der Waals surface area contributed by atoms with Crippen LogP contribution < -0.4 is 5.32 Å². The molecule has 0 saturated heterocycles. The number of esters is 1. The van der Waals surface area contributed by atoms with Gasteiger partial charge in [0, 0.05) is 12.6 Å². The zero-order chi connectivity index (χ0) is 15.0. The number of hydrogen-bond acceptors (Lipinski definition) is 3. The van der Waals surface area contributed by atoms with Gasteiger partial charge in [0.05, 0.1) is 12.5 Å². The Bertz CT molecular complexity index is 480. The number of rotatable bonds is 6. The van der Waals surface area contributed by atoms with Crippen LogP contribution in [0.25, 0.3) is 6.08 Å². The van der Waals surface area contributed by atoms with Gasteiger partial charge < -0.3 is 10.1 Å². The minimum atomic E-state index is -0.345. The highest BCUT2D eigenvalue weighted by Crippen LogP contribution is 2.04. The third-order valence-corrected chi connectivity index (χ3v) is 2.29. The van der Waals surface area contributed by atoms with Crippen molar-refractivity contribution < 1.29 is 18.7 Å². The maximum absolute atomic E-state index is 12.7. The first-order valence-corrected chi connectivity index (χ1v) is 6.38. The summed E-state index contributed by atoms with van der Waals surface area (Å²) < 4.78 is 17.6. The molecule has 1 amide bonds. The molecule has 1 N–H and O–H groups in total. The van der Waals surface area contributed by atoms with Gasteiger partial charge >= 0.3 is 5.97 Å². The van der Waals surface area contributed by atoms with E-state index in [1.807, 2.05) is 0 Å². The van der Waals surface area contributed by atoms with E-state index in [4.69, 9.17) is 4.74 Å². The lowest BCUT2D eigenvalue weighted by Crippen LogP contribution is -2.25. The normalized spacial score (nSPS) is 10.8. The van der Waals surface area contributed by atoms with E-state index in [2.05, 4.69) is 5.32 Å². The van der Waals surface area contributed by atoms with Gasteiger partial charge in [-0.2, -0.15) is 0 Å². The molecule has 0 unspecified atom stereocenters. The van der Waals surface area contributed by atoms with Crippen molar-refractivity contribution in [1.29, 1.82) is 0 Å². The maximum atomic E-state index is 12.7. The Morgan fingerprint density at radius 1 is 1.30 bits per heavy atom. The summed E-state index contributed by atoms with van der Waals surface area (Å²) in [6.07, 6.45) is 2.88. The second kappa shape index (κ2) is 8.09. The number of benzene rings is 1. The van der Waals surface area contributed by atoms with Crippen molar-refractivity contribution in [2.75, 3.05) is 6.54 Å².